The van der Waals surface area contributed by atoms with Crippen LogP contribution in [0.4, 0.5) is 0 Å². The maximum Gasteiger partial charge on any atom is 0.343 e. The van der Waals surface area contributed by atoms with Gasteiger partial charge in [0.15, 0.2) is 0 Å². The van der Waals surface area contributed by atoms with Crippen LogP contribution in [-0.4, -0.2) is 18.2 Å². The average Bonchev–Trinajstić information content (AvgIpc) is 2.47. The lowest BCUT2D eigenvalue weighted by Gasteiger charge is -2.00. The molecular weight excluding hydrogens is 324 g/mol. The minimum absolute atomic E-state index is 0.684. The van der Waals surface area contributed by atoms with Crippen molar-refractivity contribution in [2.24, 2.45) is 0 Å². The van der Waals surface area contributed by atoms with Crippen molar-refractivity contribution in [2.75, 3.05) is 0 Å². The SMILES string of the molecule is CC(=O)OOOC(C)=O.CC(C)=CCCC(C)=CCCC(C)=CC=O. The summed E-state index contributed by atoms with van der Waals surface area (Å²) < 4.78 is 0. The lowest BCUT2D eigenvalue weighted by Crippen LogP contribution is -2.04. The van der Waals surface area contributed by atoms with Crippen LogP contribution in [0, 0.1) is 0 Å². The number of aldehydes is 1. The van der Waals surface area contributed by atoms with Gasteiger partial charge in [-0.1, -0.05) is 28.9 Å². The van der Waals surface area contributed by atoms with Crippen molar-refractivity contribution < 1.29 is 29.2 Å². The van der Waals surface area contributed by atoms with Crippen molar-refractivity contribution in [1.82, 2.24) is 0 Å². The summed E-state index contributed by atoms with van der Waals surface area (Å²) in [6, 6.07) is 0. The van der Waals surface area contributed by atoms with Gasteiger partial charge in [0.25, 0.3) is 0 Å². The molecule has 0 unspecified atom stereocenters. The van der Waals surface area contributed by atoms with Crippen LogP contribution in [0.2, 0.25) is 0 Å². The minimum atomic E-state index is -0.684. The van der Waals surface area contributed by atoms with Gasteiger partial charge in [-0.3, -0.25) is 14.6 Å². The molecule has 0 saturated heterocycles. The Hall–Kier alpha value is -2.21. The molecule has 6 nitrogen and oxygen atoms in total. The van der Waals surface area contributed by atoms with Crippen molar-refractivity contribution in [3.05, 3.63) is 34.9 Å². The van der Waals surface area contributed by atoms with Gasteiger partial charge in [0.1, 0.15) is 6.29 Å². The topological polar surface area (TPSA) is 78.9 Å². The molecule has 0 fully saturated rings. The predicted molar refractivity (Wildman–Crippen MR) is 96.1 cm³/mol. The second-order valence-electron chi connectivity index (χ2n) is 5.78. The van der Waals surface area contributed by atoms with Crippen LogP contribution in [-0.2, 0) is 29.2 Å². The third-order valence-electron chi connectivity index (χ3n) is 2.78. The molecule has 0 rings (SSSR count). The van der Waals surface area contributed by atoms with E-state index in [-0.39, 0.29) is 0 Å². The smallest absolute Gasteiger partial charge is 0.299 e. The Morgan fingerprint density at radius 2 is 1.24 bits per heavy atom. The first-order valence-corrected chi connectivity index (χ1v) is 8.11. The van der Waals surface area contributed by atoms with Crippen LogP contribution >= 0.6 is 0 Å². The fraction of sp³-hybridized carbons (Fsp3) is 0.526. The Labute approximate surface area is 150 Å². The van der Waals surface area contributed by atoms with E-state index in [2.05, 4.69) is 47.7 Å². The summed E-state index contributed by atoms with van der Waals surface area (Å²) in [6.07, 6.45) is 11.4. The highest BCUT2D eigenvalue weighted by molar-refractivity contribution is 5.66. The number of rotatable bonds is 9. The van der Waals surface area contributed by atoms with E-state index in [1.165, 1.54) is 11.1 Å². The zero-order valence-electron chi connectivity index (χ0n) is 16.1. The van der Waals surface area contributed by atoms with E-state index in [9.17, 15) is 14.4 Å². The molecule has 0 spiro atoms. The zero-order chi connectivity index (χ0) is 19.7. The predicted octanol–water partition coefficient (Wildman–Crippen LogP) is 4.56. The second kappa shape index (κ2) is 16.6. The van der Waals surface area contributed by atoms with E-state index < -0.39 is 11.9 Å². The number of carbonyl (C=O) groups is 3. The van der Waals surface area contributed by atoms with Crippen LogP contribution in [0.3, 0.4) is 0 Å². The summed E-state index contributed by atoms with van der Waals surface area (Å²) in [5.41, 5.74) is 3.98. The molecule has 0 aliphatic heterocycles. The van der Waals surface area contributed by atoms with Crippen molar-refractivity contribution in [2.45, 2.75) is 67.2 Å². The number of hydrogen-bond acceptors (Lipinski definition) is 6. The summed E-state index contributed by atoms with van der Waals surface area (Å²) in [5.74, 6) is -1.37. The van der Waals surface area contributed by atoms with Crippen molar-refractivity contribution >= 4 is 18.2 Å². The van der Waals surface area contributed by atoms with Gasteiger partial charge in [-0.25, -0.2) is 9.59 Å². The van der Waals surface area contributed by atoms with Crippen molar-refractivity contribution in [3.8, 4) is 0 Å². The van der Waals surface area contributed by atoms with Crippen LogP contribution < -0.4 is 0 Å². The van der Waals surface area contributed by atoms with Crippen LogP contribution in [0.15, 0.2) is 34.9 Å². The molecule has 0 radical (unpaired) electrons. The quantitative estimate of drug-likeness (QED) is 0.198. The first-order chi connectivity index (χ1) is 11.7. The normalized spacial score (nSPS) is 11.0. The van der Waals surface area contributed by atoms with E-state index in [0.29, 0.717) is 0 Å². The molecule has 0 aromatic heterocycles. The molecule has 0 aromatic carbocycles. The lowest BCUT2D eigenvalue weighted by molar-refractivity contribution is -0.458. The van der Waals surface area contributed by atoms with Crippen LogP contribution in [0.5, 0.6) is 0 Å². The van der Waals surface area contributed by atoms with Crippen LogP contribution in [0.25, 0.3) is 0 Å². The lowest BCUT2D eigenvalue weighted by atomic mass is 10.1. The molecule has 0 aliphatic carbocycles. The summed E-state index contributed by atoms with van der Waals surface area (Å²) in [4.78, 5) is 37.5. The largest absolute Gasteiger partial charge is 0.343 e. The molecule has 6 heteroatoms. The first kappa shape index (κ1) is 25.0. The maximum absolute atomic E-state index is 10.2. The Kier molecular flexibility index (Phi) is 16.7. The fourth-order valence-electron chi connectivity index (χ4n) is 1.55. The Bertz CT molecular complexity index is 482. The molecule has 0 saturated carbocycles. The van der Waals surface area contributed by atoms with Gasteiger partial charge in [0.2, 0.25) is 0 Å². The summed E-state index contributed by atoms with van der Waals surface area (Å²) >= 11 is 0. The van der Waals surface area contributed by atoms with Gasteiger partial charge in [0, 0.05) is 18.9 Å². The maximum atomic E-state index is 10.2. The molecule has 0 N–H and O–H groups in total. The van der Waals surface area contributed by atoms with E-state index >= 15 is 0 Å². The first-order valence-electron chi connectivity index (χ1n) is 8.11. The zero-order valence-corrected chi connectivity index (χ0v) is 16.1. The van der Waals surface area contributed by atoms with Gasteiger partial charge >= 0.3 is 11.9 Å². The number of allylic oxidation sites excluding steroid dienone is 6. The molecule has 0 atom stereocenters. The number of carbonyl (C=O) groups excluding carboxylic acids is 3. The van der Waals surface area contributed by atoms with Crippen molar-refractivity contribution in [3.63, 3.8) is 0 Å². The Balaban J connectivity index is 0. The highest BCUT2D eigenvalue weighted by atomic mass is 17.5. The average molecular weight is 354 g/mol. The number of hydrogen-bond donors (Lipinski definition) is 0. The van der Waals surface area contributed by atoms with Gasteiger partial charge in [-0.2, -0.15) is 0 Å². The molecule has 25 heavy (non-hydrogen) atoms. The second-order valence-corrected chi connectivity index (χ2v) is 5.78. The molecule has 0 aliphatic rings. The molecule has 0 heterocycles. The standard InChI is InChI=1S/C15H24O.C4H6O5/c1-13(2)7-5-8-14(3)9-6-10-15(4)11-12-16;1-3(5)7-9-8-4(2)6/h7,9,11-12H,5-6,8,10H2,1-4H3;1-2H3. The third kappa shape index (κ3) is 24.2. The monoisotopic (exact) mass is 354 g/mol. The van der Waals surface area contributed by atoms with Gasteiger partial charge in [0.05, 0.1) is 0 Å². The fourth-order valence-corrected chi connectivity index (χ4v) is 1.55. The third-order valence-corrected chi connectivity index (χ3v) is 2.78. The van der Waals surface area contributed by atoms with Crippen molar-refractivity contribution in [1.29, 1.82) is 0 Å². The van der Waals surface area contributed by atoms with E-state index in [0.717, 1.165) is 51.4 Å². The molecule has 0 bridgehead atoms. The van der Waals surface area contributed by atoms with Gasteiger partial charge < -0.3 is 0 Å². The molecule has 0 amide bonds. The minimum Gasteiger partial charge on any atom is -0.299 e. The highest BCUT2D eigenvalue weighted by Crippen LogP contribution is 2.10. The molecule has 142 valence electrons. The van der Waals surface area contributed by atoms with Gasteiger partial charge in [-0.15, -0.1) is 0 Å². The van der Waals surface area contributed by atoms with E-state index in [1.54, 1.807) is 6.08 Å². The Morgan fingerprint density at radius 1 is 0.760 bits per heavy atom. The van der Waals surface area contributed by atoms with E-state index in [1.807, 2.05) is 6.92 Å². The Morgan fingerprint density at radius 3 is 1.68 bits per heavy atom. The summed E-state index contributed by atoms with van der Waals surface area (Å²) in [7, 11) is 0. The van der Waals surface area contributed by atoms with E-state index in [4.69, 9.17) is 0 Å². The molecule has 0 aromatic rings. The molecular formula is C19H30O6. The van der Waals surface area contributed by atoms with Gasteiger partial charge in [-0.05, 0) is 59.5 Å². The van der Waals surface area contributed by atoms with Crippen LogP contribution in [0.1, 0.15) is 67.2 Å². The summed E-state index contributed by atoms with van der Waals surface area (Å²) in [6.45, 7) is 10.7. The summed E-state index contributed by atoms with van der Waals surface area (Å²) in [5, 5.41) is 3.66. The highest BCUT2D eigenvalue weighted by Gasteiger charge is 1.96.